The normalized spacial score (nSPS) is 11.5. The molecule has 4 aromatic heterocycles. The number of benzene rings is 2. The molecule has 8 heteroatoms. The smallest absolute Gasteiger partial charge is 0.266 e. The van der Waals surface area contributed by atoms with Crippen molar-refractivity contribution in [3.63, 3.8) is 0 Å². The monoisotopic (exact) mass is 460 g/mol. The Hall–Kier alpha value is -4.56. The molecule has 0 N–H and O–H groups in total. The van der Waals surface area contributed by atoms with E-state index in [2.05, 4.69) is 25.3 Å². The Morgan fingerprint density at radius 1 is 0.882 bits per heavy atom. The molecular weight excluding hydrogens is 444 g/mol. The van der Waals surface area contributed by atoms with E-state index in [9.17, 15) is 4.79 Å². The van der Waals surface area contributed by atoms with Crippen LogP contribution in [0.1, 0.15) is 5.56 Å². The van der Waals surface area contributed by atoms with Crippen LogP contribution in [0.3, 0.4) is 0 Å². The van der Waals surface area contributed by atoms with E-state index in [-0.39, 0.29) is 5.56 Å². The maximum Gasteiger partial charge on any atom is 0.291 e. The van der Waals surface area contributed by atoms with Crippen molar-refractivity contribution in [3.8, 4) is 22.4 Å². The van der Waals surface area contributed by atoms with Crippen LogP contribution in [0.25, 0.3) is 42.8 Å². The molecule has 6 rings (SSSR count). The molecule has 0 amide bonds. The van der Waals surface area contributed by atoms with Gasteiger partial charge < -0.3 is 0 Å². The zero-order chi connectivity index (χ0) is 22.9. The van der Waals surface area contributed by atoms with Crippen LogP contribution >= 0.6 is 11.3 Å². The summed E-state index contributed by atoms with van der Waals surface area (Å²) in [6, 6.07) is 23.6. The first-order chi connectivity index (χ1) is 16.8. The van der Waals surface area contributed by atoms with Gasteiger partial charge in [-0.15, -0.1) is 21.5 Å². The molecule has 0 radical (unpaired) electrons. The Balaban J connectivity index is 1.61. The quantitative estimate of drug-likeness (QED) is 0.345. The topological polar surface area (TPSA) is 85.9 Å². The van der Waals surface area contributed by atoms with E-state index in [1.54, 1.807) is 18.6 Å². The molecule has 2 aromatic carbocycles. The molecule has 0 aliphatic carbocycles. The van der Waals surface area contributed by atoms with Crippen LogP contribution in [-0.4, -0.2) is 31.1 Å². The molecule has 0 bridgehead atoms. The molecule has 0 saturated carbocycles. The molecule has 0 aliphatic heterocycles. The van der Waals surface area contributed by atoms with Crippen molar-refractivity contribution in [2.75, 3.05) is 0 Å². The van der Waals surface area contributed by atoms with E-state index in [1.165, 1.54) is 22.3 Å². The summed E-state index contributed by atoms with van der Waals surface area (Å²) in [7, 11) is 0. The van der Waals surface area contributed by atoms with Crippen molar-refractivity contribution in [3.05, 3.63) is 107 Å². The number of thiophene rings is 1. The van der Waals surface area contributed by atoms with E-state index >= 15 is 0 Å². The maximum atomic E-state index is 13.3. The molecule has 34 heavy (non-hydrogen) atoms. The first kappa shape index (κ1) is 20.1. The average molecular weight is 461 g/mol. The number of hydrogen-bond donors (Lipinski definition) is 0. The zero-order valence-electron chi connectivity index (χ0n) is 17.7. The van der Waals surface area contributed by atoms with Gasteiger partial charge in [-0.1, -0.05) is 66.7 Å². The van der Waals surface area contributed by atoms with Gasteiger partial charge in [0.05, 0.1) is 11.7 Å². The van der Waals surface area contributed by atoms with E-state index < -0.39 is 0 Å². The van der Waals surface area contributed by atoms with E-state index in [0.717, 1.165) is 33.3 Å². The van der Waals surface area contributed by atoms with E-state index in [0.29, 0.717) is 15.0 Å². The molecule has 4 heterocycles. The highest BCUT2D eigenvalue weighted by atomic mass is 32.1. The van der Waals surface area contributed by atoms with Gasteiger partial charge in [0.1, 0.15) is 21.6 Å². The minimum Gasteiger partial charge on any atom is -0.266 e. The fourth-order valence-corrected chi connectivity index (χ4v) is 4.86. The molecule has 7 nitrogen and oxygen atoms in total. The van der Waals surface area contributed by atoms with Gasteiger partial charge >= 0.3 is 0 Å². The van der Waals surface area contributed by atoms with Crippen molar-refractivity contribution >= 4 is 38.0 Å². The molecule has 0 fully saturated rings. The second-order valence-electron chi connectivity index (χ2n) is 7.54. The molecule has 0 saturated heterocycles. The van der Waals surface area contributed by atoms with Crippen molar-refractivity contribution in [2.24, 2.45) is 5.10 Å². The van der Waals surface area contributed by atoms with Gasteiger partial charge in [0.2, 0.25) is 0 Å². The Labute approximate surface area is 197 Å². The highest BCUT2D eigenvalue weighted by Gasteiger charge is 2.21. The first-order valence-electron chi connectivity index (χ1n) is 10.6. The van der Waals surface area contributed by atoms with E-state index in [4.69, 9.17) is 0 Å². The zero-order valence-corrected chi connectivity index (χ0v) is 18.6. The number of pyridine rings is 1. The summed E-state index contributed by atoms with van der Waals surface area (Å²) in [5.74, 6) is 0. The van der Waals surface area contributed by atoms with Gasteiger partial charge in [-0.05, 0) is 11.6 Å². The Kier molecular flexibility index (Phi) is 4.97. The number of aromatic nitrogens is 5. The van der Waals surface area contributed by atoms with Crippen LogP contribution in [0.2, 0.25) is 0 Å². The minimum absolute atomic E-state index is 0.256. The van der Waals surface area contributed by atoms with Crippen molar-refractivity contribution in [1.29, 1.82) is 0 Å². The molecule has 0 aliphatic rings. The third-order valence-electron chi connectivity index (χ3n) is 5.42. The minimum atomic E-state index is -0.256. The number of fused-ring (bicyclic) bond motifs is 3. The lowest BCUT2D eigenvalue weighted by atomic mass is 9.97. The summed E-state index contributed by atoms with van der Waals surface area (Å²) in [4.78, 5) is 22.6. The van der Waals surface area contributed by atoms with Crippen LogP contribution in [0, 0.1) is 0 Å². The van der Waals surface area contributed by atoms with Gasteiger partial charge in [0.15, 0.2) is 0 Å². The van der Waals surface area contributed by atoms with Gasteiger partial charge in [-0.2, -0.15) is 9.78 Å². The summed E-state index contributed by atoms with van der Waals surface area (Å²) in [5.41, 5.74) is 4.73. The SMILES string of the molecule is O=c1c2sc3nnc(-c4ccccc4)c(-c4ccccc4)c3c2ncn1/N=C\c1cccnc1. The largest absolute Gasteiger partial charge is 0.291 e. The number of hydrogen-bond acceptors (Lipinski definition) is 7. The summed E-state index contributed by atoms with van der Waals surface area (Å²) in [6.45, 7) is 0. The van der Waals surface area contributed by atoms with Crippen LogP contribution in [0.15, 0.2) is 101 Å². The third-order valence-corrected chi connectivity index (χ3v) is 6.47. The fraction of sp³-hybridized carbons (Fsp3) is 0. The first-order valence-corrected chi connectivity index (χ1v) is 11.4. The predicted octanol–water partition coefficient (Wildman–Crippen LogP) is 5.01. The Bertz CT molecular complexity index is 1710. The molecule has 0 spiro atoms. The summed E-state index contributed by atoms with van der Waals surface area (Å²) >= 11 is 1.28. The lowest BCUT2D eigenvalue weighted by Gasteiger charge is -2.10. The molecule has 0 unspecified atom stereocenters. The second-order valence-corrected chi connectivity index (χ2v) is 8.54. The lowest BCUT2D eigenvalue weighted by molar-refractivity contribution is 0.819. The van der Waals surface area contributed by atoms with Gasteiger partial charge in [-0.25, -0.2) is 4.98 Å². The van der Waals surface area contributed by atoms with Crippen molar-refractivity contribution in [1.82, 2.24) is 24.8 Å². The van der Waals surface area contributed by atoms with E-state index in [1.807, 2.05) is 72.8 Å². The highest BCUT2D eigenvalue weighted by molar-refractivity contribution is 7.25. The lowest BCUT2D eigenvalue weighted by Crippen LogP contribution is -2.15. The molecule has 0 atom stereocenters. The highest BCUT2D eigenvalue weighted by Crippen LogP contribution is 2.40. The third kappa shape index (κ3) is 3.46. The molecular formula is C26H16N6OS. The molecule has 6 aromatic rings. The van der Waals surface area contributed by atoms with Crippen LogP contribution in [0.4, 0.5) is 0 Å². The van der Waals surface area contributed by atoms with Crippen molar-refractivity contribution in [2.45, 2.75) is 0 Å². The molecule has 162 valence electrons. The summed E-state index contributed by atoms with van der Waals surface area (Å²) in [5, 5.41) is 14.2. The van der Waals surface area contributed by atoms with Gasteiger partial charge in [-0.3, -0.25) is 9.78 Å². The van der Waals surface area contributed by atoms with Gasteiger partial charge in [0.25, 0.3) is 5.56 Å². The van der Waals surface area contributed by atoms with Crippen molar-refractivity contribution < 1.29 is 0 Å². The number of nitrogens with zero attached hydrogens (tertiary/aromatic N) is 6. The standard InChI is InChI=1S/C26H16N6OS/c33-26-24-23(28-16-32(26)29-15-17-8-7-13-27-14-17)21-20(18-9-3-1-4-10-18)22(30-31-25(21)34-24)19-11-5-2-6-12-19/h1-16H/b29-15-. The Morgan fingerprint density at radius 2 is 1.65 bits per heavy atom. The second kappa shape index (κ2) is 8.42. The number of rotatable bonds is 4. The maximum absolute atomic E-state index is 13.3. The summed E-state index contributed by atoms with van der Waals surface area (Å²) < 4.78 is 1.72. The van der Waals surface area contributed by atoms with Crippen LogP contribution in [0.5, 0.6) is 0 Å². The predicted molar refractivity (Wildman–Crippen MR) is 135 cm³/mol. The van der Waals surface area contributed by atoms with Crippen LogP contribution < -0.4 is 5.56 Å². The van der Waals surface area contributed by atoms with Gasteiger partial charge in [0, 0.05) is 34.5 Å². The summed E-state index contributed by atoms with van der Waals surface area (Å²) in [6.07, 6.45) is 6.38. The van der Waals surface area contributed by atoms with Crippen LogP contribution in [-0.2, 0) is 0 Å². The Morgan fingerprint density at radius 3 is 2.38 bits per heavy atom. The fourth-order valence-electron chi connectivity index (χ4n) is 3.85. The average Bonchev–Trinajstić information content (AvgIpc) is 3.29.